The van der Waals surface area contributed by atoms with Crippen molar-refractivity contribution in [1.82, 2.24) is 10.3 Å². The highest BCUT2D eigenvalue weighted by atomic mass is 16.6. The largest absolute Gasteiger partial charge is 0.379 e. The number of carbonyl (C=O) groups excluding carboxylic acids is 1. The molecule has 2 N–H and O–H groups in total. The Hall–Kier alpha value is -2.22. The fourth-order valence-corrected chi connectivity index (χ4v) is 2.04. The van der Waals surface area contributed by atoms with Crippen LogP contribution in [0.2, 0.25) is 0 Å². The van der Waals surface area contributed by atoms with E-state index in [1.54, 1.807) is 7.05 Å². The molecule has 108 valence electrons. The Bertz CT molecular complexity index is 514. The molecular formula is C12H16N4O4. The SMILES string of the molecule is CNc1ncc([N+](=O)[O-])cc1C(=O)NC1CCCOC1. The molecule has 1 aromatic rings. The first-order valence-corrected chi connectivity index (χ1v) is 6.32. The molecule has 0 aromatic carbocycles. The topological polar surface area (TPSA) is 106 Å². The van der Waals surface area contributed by atoms with Crippen LogP contribution in [0.25, 0.3) is 0 Å². The van der Waals surface area contributed by atoms with Gasteiger partial charge in [-0.05, 0) is 12.8 Å². The maximum atomic E-state index is 12.2. The van der Waals surface area contributed by atoms with Gasteiger partial charge >= 0.3 is 0 Å². The molecule has 0 aliphatic carbocycles. The predicted molar refractivity (Wildman–Crippen MR) is 71.7 cm³/mol. The highest BCUT2D eigenvalue weighted by Crippen LogP contribution is 2.19. The van der Waals surface area contributed by atoms with Gasteiger partial charge in [0.1, 0.15) is 12.0 Å². The number of aromatic nitrogens is 1. The molecule has 1 aliphatic rings. The van der Waals surface area contributed by atoms with Gasteiger partial charge in [-0.2, -0.15) is 0 Å². The zero-order valence-corrected chi connectivity index (χ0v) is 11.1. The first-order valence-electron chi connectivity index (χ1n) is 6.32. The molecule has 0 radical (unpaired) electrons. The molecule has 1 atom stereocenters. The lowest BCUT2D eigenvalue weighted by Crippen LogP contribution is -2.40. The number of ether oxygens (including phenoxy) is 1. The average molecular weight is 280 g/mol. The van der Waals surface area contributed by atoms with Crippen molar-refractivity contribution in [1.29, 1.82) is 0 Å². The number of hydrogen-bond acceptors (Lipinski definition) is 6. The normalized spacial score (nSPS) is 18.4. The summed E-state index contributed by atoms with van der Waals surface area (Å²) in [7, 11) is 1.61. The van der Waals surface area contributed by atoms with Crippen LogP contribution in [-0.4, -0.2) is 42.1 Å². The number of hydrogen-bond donors (Lipinski definition) is 2. The highest BCUT2D eigenvalue weighted by Gasteiger charge is 2.21. The molecule has 0 saturated carbocycles. The monoisotopic (exact) mass is 280 g/mol. The zero-order valence-electron chi connectivity index (χ0n) is 11.1. The summed E-state index contributed by atoms with van der Waals surface area (Å²) in [4.78, 5) is 26.3. The number of carbonyl (C=O) groups is 1. The second-order valence-electron chi connectivity index (χ2n) is 4.48. The maximum Gasteiger partial charge on any atom is 0.288 e. The van der Waals surface area contributed by atoms with Crippen LogP contribution in [-0.2, 0) is 4.74 Å². The van der Waals surface area contributed by atoms with Crippen LogP contribution >= 0.6 is 0 Å². The summed E-state index contributed by atoms with van der Waals surface area (Å²) in [5.41, 5.74) is -0.0543. The van der Waals surface area contributed by atoms with Crippen LogP contribution in [0.1, 0.15) is 23.2 Å². The molecule has 8 nitrogen and oxygen atoms in total. The van der Waals surface area contributed by atoms with Crippen LogP contribution in [0, 0.1) is 10.1 Å². The van der Waals surface area contributed by atoms with Crippen molar-refractivity contribution in [2.45, 2.75) is 18.9 Å². The molecule has 1 saturated heterocycles. The zero-order chi connectivity index (χ0) is 14.5. The second kappa shape index (κ2) is 6.29. The maximum absolute atomic E-state index is 12.2. The third-order valence-electron chi connectivity index (χ3n) is 3.06. The van der Waals surface area contributed by atoms with Gasteiger partial charge in [0.2, 0.25) is 0 Å². The van der Waals surface area contributed by atoms with Gasteiger partial charge in [0.15, 0.2) is 0 Å². The summed E-state index contributed by atoms with van der Waals surface area (Å²) in [5, 5.41) is 16.3. The van der Waals surface area contributed by atoms with Gasteiger partial charge in [0.25, 0.3) is 11.6 Å². The average Bonchev–Trinajstić information content (AvgIpc) is 2.47. The lowest BCUT2D eigenvalue weighted by atomic mass is 10.1. The van der Waals surface area contributed by atoms with E-state index in [2.05, 4.69) is 15.6 Å². The molecule has 1 unspecified atom stereocenters. The molecule has 0 spiro atoms. The molecule has 0 bridgehead atoms. The highest BCUT2D eigenvalue weighted by molar-refractivity contribution is 5.99. The molecule has 1 fully saturated rings. The molecular weight excluding hydrogens is 264 g/mol. The number of anilines is 1. The third kappa shape index (κ3) is 3.21. The van der Waals surface area contributed by atoms with E-state index in [-0.39, 0.29) is 23.2 Å². The Morgan fingerprint density at radius 2 is 2.40 bits per heavy atom. The summed E-state index contributed by atoms with van der Waals surface area (Å²) in [6.45, 7) is 1.16. The number of nitrogens with zero attached hydrogens (tertiary/aromatic N) is 2. The van der Waals surface area contributed by atoms with Gasteiger partial charge < -0.3 is 15.4 Å². The molecule has 8 heteroatoms. The van der Waals surface area contributed by atoms with E-state index in [1.165, 1.54) is 6.07 Å². The minimum atomic E-state index is -0.576. The Labute approximate surface area is 115 Å². The number of rotatable bonds is 4. The lowest BCUT2D eigenvalue weighted by molar-refractivity contribution is -0.385. The number of nitro groups is 1. The summed E-state index contributed by atoms with van der Waals surface area (Å²) in [6, 6.07) is 1.15. The van der Waals surface area contributed by atoms with Crippen molar-refractivity contribution in [2.75, 3.05) is 25.6 Å². The number of nitrogens with one attached hydrogen (secondary N) is 2. The van der Waals surface area contributed by atoms with Crippen LogP contribution < -0.4 is 10.6 Å². The molecule has 20 heavy (non-hydrogen) atoms. The Morgan fingerprint density at radius 3 is 3.00 bits per heavy atom. The summed E-state index contributed by atoms with van der Waals surface area (Å²) in [6.07, 6.45) is 2.84. The summed E-state index contributed by atoms with van der Waals surface area (Å²) >= 11 is 0. The Balaban J connectivity index is 2.18. The van der Waals surface area contributed by atoms with Crippen LogP contribution in [0.4, 0.5) is 11.5 Å². The molecule has 1 aromatic heterocycles. The van der Waals surface area contributed by atoms with E-state index in [9.17, 15) is 14.9 Å². The Morgan fingerprint density at radius 1 is 1.60 bits per heavy atom. The van der Waals surface area contributed by atoms with Crippen LogP contribution in [0.3, 0.4) is 0 Å². The summed E-state index contributed by atoms with van der Waals surface area (Å²) in [5.74, 6) is -0.0779. The van der Waals surface area contributed by atoms with Gasteiger partial charge in [-0.1, -0.05) is 0 Å². The lowest BCUT2D eigenvalue weighted by Gasteiger charge is -2.23. The van der Waals surface area contributed by atoms with E-state index in [1.807, 2.05) is 0 Å². The second-order valence-corrected chi connectivity index (χ2v) is 4.48. The molecule has 2 rings (SSSR count). The fourth-order valence-electron chi connectivity index (χ4n) is 2.04. The van der Waals surface area contributed by atoms with Crippen LogP contribution in [0.15, 0.2) is 12.3 Å². The standard InChI is InChI=1S/C12H16N4O4/c1-13-11-10(5-9(6-14-11)16(18)19)12(17)15-8-3-2-4-20-7-8/h5-6,8H,2-4,7H2,1H3,(H,13,14)(H,15,17). The van der Waals surface area contributed by atoms with E-state index >= 15 is 0 Å². The van der Waals surface area contributed by atoms with Gasteiger partial charge in [-0.25, -0.2) is 4.98 Å². The van der Waals surface area contributed by atoms with E-state index in [0.29, 0.717) is 19.0 Å². The third-order valence-corrected chi connectivity index (χ3v) is 3.06. The minimum absolute atomic E-state index is 0.0692. The van der Waals surface area contributed by atoms with Crippen molar-refractivity contribution >= 4 is 17.4 Å². The smallest absolute Gasteiger partial charge is 0.288 e. The van der Waals surface area contributed by atoms with Crippen LogP contribution in [0.5, 0.6) is 0 Å². The van der Waals surface area contributed by atoms with Crippen molar-refractivity contribution in [3.63, 3.8) is 0 Å². The van der Waals surface area contributed by atoms with Gasteiger partial charge in [0.05, 0.1) is 23.1 Å². The minimum Gasteiger partial charge on any atom is -0.379 e. The number of pyridine rings is 1. The van der Waals surface area contributed by atoms with Crippen molar-refractivity contribution < 1.29 is 14.5 Å². The van der Waals surface area contributed by atoms with Crippen molar-refractivity contribution in [2.24, 2.45) is 0 Å². The predicted octanol–water partition coefficient (Wildman–Crippen LogP) is 0.940. The molecule has 1 amide bonds. The fraction of sp³-hybridized carbons (Fsp3) is 0.500. The Kier molecular flexibility index (Phi) is 4.46. The van der Waals surface area contributed by atoms with Gasteiger partial charge in [-0.3, -0.25) is 14.9 Å². The van der Waals surface area contributed by atoms with Gasteiger partial charge in [0, 0.05) is 19.7 Å². The first kappa shape index (κ1) is 14.2. The van der Waals surface area contributed by atoms with Crippen molar-refractivity contribution in [3.8, 4) is 0 Å². The quantitative estimate of drug-likeness (QED) is 0.628. The molecule has 1 aliphatic heterocycles. The number of amides is 1. The van der Waals surface area contributed by atoms with Crippen molar-refractivity contribution in [3.05, 3.63) is 27.9 Å². The van der Waals surface area contributed by atoms with E-state index in [4.69, 9.17) is 4.74 Å². The van der Waals surface area contributed by atoms with E-state index in [0.717, 1.165) is 19.0 Å². The summed E-state index contributed by atoms with van der Waals surface area (Å²) < 4.78 is 5.28. The van der Waals surface area contributed by atoms with Gasteiger partial charge in [-0.15, -0.1) is 0 Å². The first-order chi connectivity index (χ1) is 9.61. The van der Waals surface area contributed by atoms with E-state index < -0.39 is 4.92 Å². The molecule has 2 heterocycles.